The van der Waals surface area contributed by atoms with Gasteiger partial charge in [-0.25, -0.2) is 4.79 Å². The monoisotopic (exact) mass is 201 g/mol. The summed E-state index contributed by atoms with van der Waals surface area (Å²) in [6.07, 6.45) is 4.57. The van der Waals surface area contributed by atoms with Crippen LogP contribution in [-0.2, 0) is 4.74 Å². The number of amides is 1. The van der Waals surface area contributed by atoms with Crippen LogP contribution in [0.4, 0.5) is 4.79 Å². The zero-order chi connectivity index (χ0) is 10.3. The van der Waals surface area contributed by atoms with Gasteiger partial charge in [-0.05, 0) is 12.5 Å². The van der Waals surface area contributed by atoms with Crippen molar-refractivity contribution in [1.29, 1.82) is 0 Å². The van der Waals surface area contributed by atoms with E-state index in [4.69, 9.17) is 5.73 Å². The van der Waals surface area contributed by atoms with E-state index >= 15 is 0 Å². The lowest BCUT2D eigenvalue weighted by Crippen LogP contribution is -2.18. The minimum absolute atomic E-state index is 0.749. The Labute approximate surface area is 81.0 Å². The second-order valence-electron chi connectivity index (χ2n) is 4.26. The summed E-state index contributed by atoms with van der Waals surface area (Å²) in [6.45, 7) is 7.03. The Morgan fingerprint density at radius 1 is 1.46 bits per heavy atom. The largest absolute Gasteiger partial charge is 0.419 e. The van der Waals surface area contributed by atoms with Crippen LogP contribution in [0.15, 0.2) is 12.3 Å². The molecule has 0 fully saturated rings. The Bertz CT molecular complexity index is 185. The van der Waals surface area contributed by atoms with E-state index in [0.717, 1.165) is 12.8 Å². The molecule has 0 spiro atoms. The second-order valence-corrected chi connectivity index (χ2v) is 9.88. The van der Waals surface area contributed by atoms with Gasteiger partial charge in [0.1, 0.15) is 0 Å². The molecule has 0 saturated heterocycles. The fraction of sp³-hybridized carbons (Fsp3) is 0.667. The molecular formula is C9H19NO2Si. The van der Waals surface area contributed by atoms with E-state index in [1.807, 2.05) is 6.08 Å². The number of hydrogen-bond donors (Lipinski definition) is 1. The number of ether oxygens (including phenoxy) is 1. The summed E-state index contributed by atoms with van der Waals surface area (Å²) >= 11 is 0. The molecular weight excluding hydrogens is 182 g/mol. The molecule has 2 N–H and O–H groups in total. The van der Waals surface area contributed by atoms with Crippen LogP contribution >= 0.6 is 0 Å². The van der Waals surface area contributed by atoms with Gasteiger partial charge in [0.2, 0.25) is 0 Å². The van der Waals surface area contributed by atoms with E-state index in [2.05, 4.69) is 24.4 Å². The molecule has 0 bridgehead atoms. The van der Waals surface area contributed by atoms with Crippen molar-refractivity contribution in [1.82, 2.24) is 0 Å². The van der Waals surface area contributed by atoms with Crippen LogP contribution in [0.25, 0.3) is 0 Å². The number of allylic oxidation sites excluding steroid dienone is 1. The summed E-state index contributed by atoms with van der Waals surface area (Å²) in [5.74, 6) is 0. The minimum Gasteiger partial charge on any atom is -0.419 e. The molecule has 76 valence electrons. The Balaban J connectivity index is 3.36. The van der Waals surface area contributed by atoms with Crippen molar-refractivity contribution in [3.8, 4) is 0 Å². The number of primary amides is 1. The maximum atomic E-state index is 10.1. The summed E-state index contributed by atoms with van der Waals surface area (Å²) in [4.78, 5) is 10.1. The first kappa shape index (κ1) is 12.2. The molecule has 3 nitrogen and oxygen atoms in total. The summed E-state index contributed by atoms with van der Waals surface area (Å²) < 4.78 is 4.44. The highest BCUT2D eigenvalue weighted by molar-refractivity contribution is 6.76. The quantitative estimate of drug-likeness (QED) is 0.422. The lowest BCUT2D eigenvalue weighted by atomic mass is 10.3. The van der Waals surface area contributed by atoms with Crippen molar-refractivity contribution >= 4 is 14.2 Å². The number of carbonyl (C=O) groups is 1. The number of carbonyl (C=O) groups excluding carboxylic acids is 1. The SMILES string of the molecule is C[Si](C)(C)CCCC=COC(N)=O. The topological polar surface area (TPSA) is 52.3 Å². The van der Waals surface area contributed by atoms with Gasteiger partial charge in [-0.2, -0.15) is 0 Å². The van der Waals surface area contributed by atoms with Gasteiger partial charge in [0.05, 0.1) is 6.26 Å². The Hall–Kier alpha value is -0.773. The van der Waals surface area contributed by atoms with Crippen molar-refractivity contribution in [2.75, 3.05) is 0 Å². The van der Waals surface area contributed by atoms with Crippen molar-refractivity contribution in [3.05, 3.63) is 12.3 Å². The Kier molecular flexibility index (Phi) is 5.46. The van der Waals surface area contributed by atoms with Crippen molar-refractivity contribution in [2.45, 2.75) is 38.5 Å². The molecule has 0 aliphatic carbocycles. The highest BCUT2D eigenvalue weighted by atomic mass is 28.3. The third-order valence-corrected chi connectivity index (χ3v) is 3.43. The van der Waals surface area contributed by atoms with Gasteiger partial charge < -0.3 is 10.5 Å². The van der Waals surface area contributed by atoms with E-state index in [1.165, 1.54) is 12.3 Å². The maximum Gasteiger partial charge on any atom is 0.409 e. The molecule has 13 heavy (non-hydrogen) atoms. The average molecular weight is 201 g/mol. The van der Waals surface area contributed by atoms with Gasteiger partial charge in [0.15, 0.2) is 0 Å². The molecule has 0 saturated carbocycles. The lowest BCUT2D eigenvalue weighted by Gasteiger charge is -2.13. The molecule has 0 rings (SSSR count). The van der Waals surface area contributed by atoms with E-state index in [-0.39, 0.29) is 0 Å². The normalized spacial score (nSPS) is 11.9. The zero-order valence-corrected chi connectivity index (χ0v) is 9.67. The number of unbranched alkanes of at least 4 members (excludes halogenated alkanes) is 1. The highest BCUT2D eigenvalue weighted by Crippen LogP contribution is 2.12. The lowest BCUT2D eigenvalue weighted by molar-refractivity contribution is 0.196. The van der Waals surface area contributed by atoms with Crippen LogP contribution in [-0.4, -0.2) is 14.2 Å². The van der Waals surface area contributed by atoms with Gasteiger partial charge in [0.25, 0.3) is 0 Å². The highest BCUT2D eigenvalue weighted by Gasteiger charge is 2.10. The molecule has 1 amide bonds. The molecule has 0 radical (unpaired) electrons. The van der Waals surface area contributed by atoms with Crippen molar-refractivity contribution in [3.63, 3.8) is 0 Å². The molecule has 0 aliphatic rings. The molecule has 4 heteroatoms. The van der Waals surface area contributed by atoms with Gasteiger partial charge in [-0.15, -0.1) is 0 Å². The minimum atomic E-state index is -0.906. The number of nitrogens with two attached hydrogens (primary N) is 1. The third-order valence-electron chi connectivity index (χ3n) is 1.58. The molecule has 0 aromatic heterocycles. The fourth-order valence-electron chi connectivity index (χ4n) is 0.933. The molecule has 0 aromatic carbocycles. The van der Waals surface area contributed by atoms with Crippen LogP contribution < -0.4 is 5.73 Å². The van der Waals surface area contributed by atoms with Crippen molar-refractivity contribution in [2.24, 2.45) is 5.73 Å². The number of hydrogen-bond acceptors (Lipinski definition) is 2. The van der Waals surface area contributed by atoms with Gasteiger partial charge in [-0.1, -0.05) is 32.1 Å². The molecule has 0 aromatic rings. The summed E-state index contributed by atoms with van der Waals surface area (Å²) in [5.41, 5.74) is 4.77. The summed E-state index contributed by atoms with van der Waals surface area (Å²) in [6, 6.07) is 1.30. The zero-order valence-electron chi connectivity index (χ0n) is 8.67. The first-order chi connectivity index (χ1) is 5.92. The van der Waals surface area contributed by atoms with E-state index in [9.17, 15) is 4.79 Å². The van der Waals surface area contributed by atoms with E-state index in [1.54, 1.807) is 0 Å². The average Bonchev–Trinajstić information content (AvgIpc) is 1.93. The third kappa shape index (κ3) is 11.2. The maximum absolute atomic E-state index is 10.1. The fourth-order valence-corrected chi connectivity index (χ4v) is 2.20. The smallest absolute Gasteiger partial charge is 0.409 e. The summed E-state index contributed by atoms with van der Waals surface area (Å²) in [7, 11) is -0.906. The first-order valence-corrected chi connectivity index (χ1v) is 8.23. The predicted octanol–water partition coefficient (Wildman–Crippen LogP) is 2.71. The summed E-state index contributed by atoms with van der Waals surface area (Å²) in [5, 5.41) is 0. The molecule has 0 aliphatic heterocycles. The van der Waals surface area contributed by atoms with Crippen LogP contribution in [0.1, 0.15) is 12.8 Å². The molecule has 0 unspecified atom stereocenters. The van der Waals surface area contributed by atoms with E-state index in [0.29, 0.717) is 0 Å². The van der Waals surface area contributed by atoms with Crippen molar-refractivity contribution < 1.29 is 9.53 Å². The first-order valence-electron chi connectivity index (χ1n) is 4.53. The Morgan fingerprint density at radius 2 is 2.08 bits per heavy atom. The van der Waals surface area contributed by atoms with Crippen LogP contribution in [0.5, 0.6) is 0 Å². The van der Waals surface area contributed by atoms with Gasteiger partial charge in [0, 0.05) is 8.07 Å². The van der Waals surface area contributed by atoms with Gasteiger partial charge in [-0.3, -0.25) is 0 Å². The second kappa shape index (κ2) is 5.80. The van der Waals surface area contributed by atoms with E-state index < -0.39 is 14.2 Å². The Morgan fingerprint density at radius 3 is 2.54 bits per heavy atom. The van der Waals surface area contributed by atoms with Crippen LogP contribution in [0, 0.1) is 0 Å². The molecule has 0 heterocycles. The van der Waals surface area contributed by atoms with Gasteiger partial charge >= 0.3 is 6.09 Å². The standard InChI is InChI=1S/C9H19NO2Si/c1-13(2,3)8-6-4-5-7-12-9(10)11/h5,7H,4,6,8H2,1-3H3,(H2,10,11). The molecule has 0 atom stereocenters. The number of rotatable bonds is 5. The van der Waals surface area contributed by atoms with Crippen LogP contribution in [0.2, 0.25) is 25.7 Å². The predicted molar refractivity (Wildman–Crippen MR) is 57.2 cm³/mol. The van der Waals surface area contributed by atoms with Crippen LogP contribution in [0.3, 0.4) is 0 Å².